The fraction of sp³-hybridized carbons (Fsp3) is 0. The summed E-state index contributed by atoms with van der Waals surface area (Å²) in [6.07, 6.45) is 0. The summed E-state index contributed by atoms with van der Waals surface area (Å²) in [5.74, 6) is 0. The van der Waals surface area contributed by atoms with E-state index in [1.165, 1.54) is 87.6 Å². The Morgan fingerprint density at radius 3 is 1.00 bits per heavy atom. The minimum absolute atomic E-state index is 1.31. The van der Waals surface area contributed by atoms with Crippen LogP contribution in [0.15, 0.2) is 109 Å². The van der Waals surface area contributed by atoms with Gasteiger partial charge in [0.25, 0.3) is 0 Å². The van der Waals surface area contributed by atoms with E-state index in [4.69, 9.17) is 0 Å². The molecule has 0 atom stereocenters. The fourth-order valence-corrected chi connectivity index (χ4v) is 6.63. The van der Waals surface area contributed by atoms with Crippen LogP contribution >= 0.6 is 0 Å². The predicted octanol–water partition coefficient (Wildman–Crippen LogP) is 9.59. The number of hydrogen-bond acceptors (Lipinski definition) is 0. The van der Waals surface area contributed by atoms with Gasteiger partial charge in [-0.05, 0) is 112 Å². The molecule has 0 saturated carbocycles. The highest BCUT2D eigenvalue weighted by Gasteiger charge is 2.24. The third-order valence-corrected chi connectivity index (χ3v) is 8.08. The molecule has 0 heteroatoms. The van der Waals surface area contributed by atoms with Crippen LogP contribution in [0.25, 0.3) is 87.6 Å². The van der Waals surface area contributed by atoms with E-state index >= 15 is 0 Å². The Bertz CT molecular complexity index is 1900. The Kier molecular flexibility index (Phi) is 2.88. The molecule has 0 nitrogen and oxygen atoms in total. The second-order valence-electron chi connectivity index (χ2n) is 9.72. The molecular formula is C34H18. The van der Waals surface area contributed by atoms with Crippen molar-refractivity contribution in [2.24, 2.45) is 0 Å². The summed E-state index contributed by atoms with van der Waals surface area (Å²) in [6.45, 7) is 0. The summed E-state index contributed by atoms with van der Waals surface area (Å²) in [4.78, 5) is 0. The Hall–Kier alpha value is -4.42. The van der Waals surface area contributed by atoms with Gasteiger partial charge in [-0.1, -0.05) is 84.9 Å². The molecule has 0 amide bonds. The van der Waals surface area contributed by atoms with E-state index in [-0.39, 0.29) is 0 Å². The van der Waals surface area contributed by atoms with Gasteiger partial charge in [-0.25, -0.2) is 0 Å². The monoisotopic (exact) mass is 426 g/mol. The van der Waals surface area contributed by atoms with Crippen molar-refractivity contribution in [2.45, 2.75) is 0 Å². The van der Waals surface area contributed by atoms with Crippen LogP contribution in [-0.2, 0) is 0 Å². The van der Waals surface area contributed by atoms with Gasteiger partial charge in [0, 0.05) is 0 Å². The van der Waals surface area contributed by atoms with Gasteiger partial charge in [0.05, 0.1) is 0 Å². The van der Waals surface area contributed by atoms with Crippen LogP contribution in [0.1, 0.15) is 0 Å². The van der Waals surface area contributed by atoms with Gasteiger partial charge in [0.1, 0.15) is 0 Å². The Morgan fingerprint density at radius 1 is 0.265 bits per heavy atom. The van der Waals surface area contributed by atoms with Crippen molar-refractivity contribution in [2.75, 3.05) is 0 Å². The summed E-state index contributed by atoms with van der Waals surface area (Å²) in [5.41, 5.74) is 10.9. The van der Waals surface area contributed by atoms with E-state index < -0.39 is 0 Å². The lowest BCUT2D eigenvalue weighted by Crippen LogP contribution is -1.84. The van der Waals surface area contributed by atoms with Crippen LogP contribution in [0.4, 0.5) is 0 Å². The van der Waals surface area contributed by atoms with Gasteiger partial charge in [-0.15, -0.1) is 0 Å². The van der Waals surface area contributed by atoms with Crippen molar-refractivity contribution >= 4 is 43.1 Å². The number of rotatable bonds is 0. The molecule has 2 aliphatic carbocycles. The van der Waals surface area contributed by atoms with Gasteiger partial charge in [-0.3, -0.25) is 0 Å². The molecule has 0 N–H and O–H groups in total. The van der Waals surface area contributed by atoms with Gasteiger partial charge in [0.2, 0.25) is 0 Å². The third kappa shape index (κ3) is 1.93. The molecule has 0 bridgehead atoms. The Balaban J connectivity index is 1.40. The van der Waals surface area contributed by atoms with Crippen LogP contribution < -0.4 is 0 Å². The van der Waals surface area contributed by atoms with Crippen molar-refractivity contribution < 1.29 is 0 Å². The quantitative estimate of drug-likeness (QED) is 0.212. The van der Waals surface area contributed by atoms with E-state index in [1.54, 1.807) is 0 Å². The fourth-order valence-electron chi connectivity index (χ4n) is 6.63. The lowest BCUT2D eigenvalue weighted by molar-refractivity contribution is 1.73. The van der Waals surface area contributed by atoms with Crippen molar-refractivity contribution in [3.8, 4) is 44.5 Å². The molecule has 0 heterocycles. The standard InChI is InChI=1S/C34H18/c1-5-19-7-3-11-25-31-17-27-21(15-29(31)23(9-1)33(19)25)13-14-22-16-30-24-10-2-6-20-8-4-12-26(34(20)24)32(30)18-28(22)27/h1-18H. The van der Waals surface area contributed by atoms with Crippen LogP contribution in [0.3, 0.4) is 0 Å². The number of fused-ring (bicyclic) bond motifs is 9. The van der Waals surface area contributed by atoms with Gasteiger partial charge in [0.15, 0.2) is 0 Å². The maximum atomic E-state index is 2.44. The summed E-state index contributed by atoms with van der Waals surface area (Å²) >= 11 is 0. The Labute approximate surface area is 196 Å². The van der Waals surface area contributed by atoms with Crippen molar-refractivity contribution in [3.63, 3.8) is 0 Å². The third-order valence-electron chi connectivity index (χ3n) is 8.08. The predicted molar refractivity (Wildman–Crippen MR) is 145 cm³/mol. The minimum atomic E-state index is 1.31. The highest BCUT2D eigenvalue weighted by molar-refractivity contribution is 6.22. The molecule has 0 unspecified atom stereocenters. The van der Waals surface area contributed by atoms with Gasteiger partial charge >= 0.3 is 0 Å². The van der Waals surface area contributed by atoms with Crippen LogP contribution in [0, 0.1) is 0 Å². The summed E-state index contributed by atoms with van der Waals surface area (Å²) in [6, 6.07) is 41.1. The Morgan fingerprint density at radius 2 is 0.618 bits per heavy atom. The first kappa shape index (κ1) is 17.1. The van der Waals surface area contributed by atoms with Crippen molar-refractivity contribution in [1.82, 2.24) is 0 Å². The lowest BCUT2D eigenvalue weighted by atomic mass is 9.92. The molecule has 154 valence electrons. The molecule has 0 spiro atoms. The first-order valence-corrected chi connectivity index (χ1v) is 11.9. The zero-order valence-corrected chi connectivity index (χ0v) is 18.4. The summed E-state index contributed by atoms with van der Waals surface area (Å²) in [7, 11) is 0. The first-order chi connectivity index (χ1) is 16.8. The average molecular weight is 427 g/mol. The molecular weight excluding hydrogens is 408 g/mol. The first-order valence-electron chi connectivity index (χ1n) is 11.9. The van der Waals surface area contributed by atoms with E-state index in [0.29, 0.717) is 0 Å². The average Bonchev–Trinajstić information content (AvgIpc) is 3.37. The summed E-state index contributed by atoms with van der Waals surface area (Å²) < 4.78 is 0. The van der Waals surface area contributed by atoms with Crippen molar-refractivity contribution in [1.29, 1.82) is 0 Å². The van der Waals surface area contributed by atoms with Crippen LogP contribution in [0.2, 0.25) is 0 Å². The maximum Gasteiger partial charge on any atom is -0.00264 e. The van der Waals surface area contributed by atoms with E-state index in [1.807, 2.05) is 0 Å². The molecule has 2 aliphatic rings. The van der Waals surface area contributed by atoms with Gasteiger partial charge in [-0.2, -0.15) is 0 Å². The molecule has 0 fully saturated rings. The normalized spacial score (nSPS) is 12.7. The zero-order valence-electron chi connectivity index (χ0n) is 18.4. The molecule has 9 rings (SSSR count). The molecule has 7 aromatic rings. The molecule has 0 radical (unpaired) electrons. The van der Waals surface area contributed by atoms with Crippen LogP contribution in [-0.4, -0.2) is 0 Å². The number of benzene rings is 7. The summed E-state index contributed by atoms with van der Waals surface area (Å²) in [5, 5.41) is 10.7. The second kappa shape index (κ2) is 5.73. The largest absolute Gasteiger partial charge is 0.0610 e. The SMILES string of the molecule is c1cc2c3c(cccc3c1)-c1cc3c(ccc4cc5c(cc43)-c3cccc4cccc-5c34)cc1-2. The van der Waals surface area contributed by atoms with E-state index in [2.05, 4.69) is 109 Å². The smallest absolute Gasteiger partial charge is 0.00264 e. The topological polar surface area (TPSA) is 0 Å². The van der Waals surface area contributed by atoms with Gasteiger partial charge < -0.3 is 0 Å². The molecule has 0 aliphatic heterocycles. The van der Waals surface area contributed by atoms with E-state index in [9.17, 15) is 0 Å². The highest BCUT2D eigenvalue weighted by atomic mass is 14.3. The maximum absolute atomic E-state index is 2.44. The van der Waals surface area contributed by atoms with E-state index in [0.717, 1.165) is 0 Å². The molecule has 7 aromatic carbocycles. The zero-order chi connectivity index (χ0) is 22.0. The number of hydrogen-bond donors (Lipinski definition) is 0. The molecule has 0 saturated heterocycles. The lowest BCUT2D eigenvalue weighted by Gasteiger charge is -2.11. The van der Waals surface area contributed by atoms with Crippen LogP contribution in [0.5, 0.6) is 0 Å². The highest BCUT2D eigenvalue weighted by Crippen LogP contribution is 2.51. The molecule has 34 heavy (non-hydrogen) atoms. The minimum Gasteiger partial charge on any atom is -0.0610 e. The second-order valence-corrected chi connectivity index (χ2v) is 9.72. The van der Waals surface area contributed by atoms with Crippen molar-refractivity contribution in [3.05, 3.63) is 109 Å². The molecule has 0 aromatic heterocycles.